The van der Waals surface area contributed by atoms with Crippen LogP contribution in [0.4, 0.5) is 4.39 Å². The third-order valence-corrected chi connectivity index (χ3v) is 3.49. The highest BCUT2D eigenvalue weighted by Gasteiger charge is 2.30. The van der Waals surface area contributed by atoms with Crippen molar-refractivity contribution in [3.63, 3.8) is 0 Å². The van der Waals surface area contributed by atoms with Gasteiger partial charge in [-0.15, -0.1) is 0 Å². The quantitative estimate of drug-likeness (QED) is 0.646. The fourth-order valence-electron chi connectivity index (χ4n) is 2.19. The normalized spacial score (nSPS) is 16.7. The highest BCUT2D eigenvalue weighted by Crippen LogP contribution is 2.26. The molecule has 1 aliphatic rings. The van der Waals surface area contributed by atoms with Crippen molar-refractivity contribution in [2.75, 3.05) is 26.3 Å². The zero-order valence-corrected chi connectivity index (χ0v) is 10.9. The lowest BCUT2D eigenvalue weighted by molar-refractivity contribution is 0.0652. The van der Waals surface area contributed by atoms with Crippen molar-refractivity contribution >= 4 is 5.84 Å². The average molecular weight is 250 g/mol. The third kappa shape index (κ3) is 2.53. The second-order valence-electron chi connectivity index (χ2n) is 5.08. The van der Waals surface area contributed by atoms with E-state index in [1.807, 2.05) is 18.7 Å². The summed E-state index contributed by atoms with van der Waals surface area (Å²) in [5.41, 5.74) is 0.547. The number of morpholine rings is 1. The van der Waals surface area contributed by atoms with E-state index in [4.69, 9.17) is 10.1 Å². The van der Waals surface area contributed by atoms with Gasteiger partial charge in [-0.05, 0) is 31.5 Å². The summed E-state index contributed by atoms with van der Waals surface area (Å²) in [5.74, 6) is 0.324. The smallest absolute Gasteiger partial charge is 0.123 e. The Morgan fingerprint density at radius 1 is 1.22 bits per heavy atom. The molecule has 98 valence electrons. The van der Waals surface area contributed by atoms with Crippen LogP contribution < -0.4 is 0 Å². The molecule has 4 heteroatoms. The number of nitrogens with zero attached hydrogens (tertiary/aromatic N) is 1. The SMILES string of the molecule is CC(C)(C(=N)N1CCOCC1)c1ccc(F)cc1. The second kappa shape index (κ2) is 5.06. The Bertz CT molecular complexity index is 422. The maximum atomic E-state index is 12.9. The summed E-state index contributed by atoms with van der Waals surface area (Å²) >= 11 is 0. The van der Waals surface area contributed by atoms with E-state index in [-0.39, 0.29) is 5.82 Å². The van der Waals surface area contributed by atoms with Gasteiger partial charge in [0.05, 0.1) is 13.2 Å². The van der Waals surface area contributed by atoms with Crippen LogP contribution in [0, 0.1) is 11.2 Å². The molecule has 0 amide bonds. The van der Waals surface area contributed by atoms with E-state index in [0.717, 1.165) is 18.7 Å². The predicted molar refractivity (Wildman–Crippen MR) is 69.5 cm³/mol. The Morgan fingerprint density at radius 2 is 1.78 bits per heavy atom. The molecule has 1 aliphatic heterocycles. The minimum atomic E-state index is -0.412. The van der Waals surface area contributed by atoms with Gasteiger partial charge in [-0.2, -0.15) is 0 Å². The molecule has 1 N–H and O–H groups in total. The van der Waals surface area contributed by atoms with Crippen molar-refractivity contribution in [1.82, 2.24) is 4.90 Å². The molecule has 3 nitrogen and oxygen atoms in total. The van der Waals surface area contributed by atoms with Crippen LogP contribution in [0.1, 0.15) is 19.4 Å². The number of nitrogens with one attached hydrogen (secondary N) is 1. The van der Waals surface area contributed by atoms with Gasteiger partial charge in [0.25, 0.3) is 0 Å². The van der Waals surface area contributed by atoms with Gasteiger partial charge in [0.2, 0.25) is 0 Å². The topological polar surface area (TPSA) is 36.3 Å². The van der Waals surface area contributed by atoms with Gasteiger partial charge in [-0.1, -0.05) is 12.1 Å². The first-order valence-electron chi connectivity index (χ1n) is 6.19. The Labute approximate surface area is 107 Å². The van der Waals surface area contributed by atoms with Crippen molar-refractivity contribution in [3.8, 4) is 0 Å². The molecule has 0 spiro atoms. The minimum Gasteiger partial charge on any atom is -0.378 e. The first kappa shape index (κ1) is 13.0. The zero-order chi connectivity index (χ0) is 13.2. The lowest BCUT2D eigenvalue weighted by Crippen LogP contribution is -2.48. The molecule has 18 heavy (non-hydrogen) atoms. The lowest BCUT2D eigenvalue weighted by Gasteiger charge is -2.37. The molecular formula is C14H19FN2O. The number of benzene rings is 1. The summed E-state index contributed by atoms with van der Waals surface area (Å²) in [4.78, 5) is 2.03. The summed E-state index contributed by atoms with van der Waals surface area (Å²) in [6.45, 7) is 6.84. The van der Waals surface area contributed by atoms with E-state index >= 15 is 0 Å². The predicted octanol–water partition coefficient (Wildman–Crippen LogP) is 2.41. The van der Waals surface area contributed by atoms with E-state index in [0.29, 0.717) is 19.0 Å². The Balaban J connectivity index is 2.18. The van der Waals surface area contributed by atoms with Gasteiger partial charge in [0.15, 0.2) is 0 Å². The number of rotatable bonds is 2. The number of hydrogen-bond acceptors (Lipinski definition) is 2. The van der Waals surface area contributed by atoms with Crippen molar-refractivity contribution in [2.24, 2.45) is 0 Å². The van der Waals surface area contributed by atoms with Gasteiger partial charge in [0, 0.05) is 18.5 Å². The molecule has 0 aliphatic carbocycles. The number of hydrogen-bond donors (Lipinski definition) is 1. The largest absolute Gasteiger partial charge is 0.378 e. The van der Waals surface area contributed by atoms with Crippen LogP contribution in [0.15, 0.2) is 24.3 Å². The monoisotopic (exact) mass is 250 g/mol. The summed E-state index contributed by atoms with van der Waals surface area (Å²) < 4.78 is 18.2. The van der Waals surface area contributed by atoms with Crippen LogP contribution in [0.2, 0.25) is 0 Å². The van der Waals surface area contributed by atoms with Gasteiger partial charge in [-0.3, -0.25) is 5.41 Å². The van der Waals surface area contributed by atoms with E-state index in [1.165, 1.54) is 12.1 Å². The minimum absolute atomic E-state index is 0.243. The molecule has 0 unspecified atom stereocenters. The van der Waals surface area contributed by atoms with Crippen molar-refractivity contribution in [1.29, 1.82) is 5.41 Å². The average Bonchev–Trinajstić information content (AvgIpc) is 2.39. The number of halogens is 1. The molecular weight excluding hydrogens is 231 g/mol. The second-order valence-corrected chi connectivity index (χ2v) is 5.08. The van der Waals surface area contributed by atoms with Gasteiger partial charge in [0.1, 0.15) is 11.7 Å². The Kier molecular flexibility index (Phi) is 3.66. The molecule has 0 bridgehead atoms. The van der Waals surface area contributed by atoms with Gasteiger partial charge in [-0.25, -0.2) is 4.39 Å². The van der Waals surface area contributed by atoms with Crippen LogP contribution in [0.25, 0.3) is 0 Å². The summed E-state index contributed by atoms with van der Waals surface area (Å²) in [5, 5.41) is 8.35. The summed E-state index contributed by atoms with van der Waals surface area (Å²) in [7, 11) is 0. The van der Waals surface area contributed by atoms with Crippen LogP contribution >= 0.6 is 0 Å². The molecule has 1 aromatic carbocycles. The first-order chi connectivity index (χ1) is 8.51. The standard InChI is InChI=1S/C14H19FN2O/c1-14(2,11-3-5-12(15)6-4-11)13(16)17-7-9-18-10-8-17/h3-6,16H,7-10H2,1-2H3. The molecule has 2 rings (SSSR count). The molecule has 0 saturated carbocycles. The molecule has 1 heterocycles. The first-order valence-corrected chi connectivity index (χ1v) is 6.19. The molecule has 0 aromatic heterocycles. The van der Waals surface area contributed by atoms with Crippen LogP contribution in [0.3, 0.4) is 0 Å². The van der Waals surface area contributed by atoms with Crippen molar-refractivity contribution in [2.45, 2.75) is 19.3 Å². The fourth-order valence-corrected chi connectivity index (χ4v) is 2.19. The van der Waals surface area contributed by atoms with E-state index < -0.39 is 5.41 Å². The van der Waals surface area contributed by atoms with Crippen LogP contribution in [0.5, 0.6) is 0 Å². The molecule has 1 saturated heterocycles. The molecule has 0 radical (unpaired) electrons. The maximum absolute atomic E-state index is 12.9. The number of amidine groups is 1. The van der Waals surface area contributed by atoms with Crippen molar-refractivity contribution < 1.29 is 9.13 Å². The Morgan fingerprint density at radius 3 is 2.33 bits per heavy atom. The highest BCUT2D eigenvalue weighted by atomic mass is 19.1. The van der Waals surface area contributed by atoms with Gasteiger partial charge < -0.3 is 9.64 Å². The van der Waals surface area contributed by atoms with Gasteiger partial charge >= 0.3 is 0 Å². The molecule has 0 atom stereocenters. The summed E-state index contributed by atoms with van der Waals surface area (Å²) in [6, 6.07) is 6.40. The van der Waals surface area contributed by atoms with Crippen molar-refractivity contribution in [3.05, 3.63) is 35.6 Å². The van der Waals surface area contributed by atoms with E-state index in [2.05, 4.69) is 0 Å². The highest BCUT2D eigenvalue weighted by molar-refractivity contribution is 5.89. The fraction of sp³-hybridized carbons (Fsp3) is 0.500. The zero-order valence-electron chi connectivity index (χ0n) is 10.9. The molecule has 1 aromatic rings. The number of ether oxygens (including phenoxy) is 1. The van der Waals surface area contributed by atoms with Crippen LogP contribution in [-0.2, 0) is 10.2 Å². The molecule has 1 fully saturated rings. The third-order valence-electron chi connectivity index (χ3n) is 3.49. The van der Waals surface area contributed by atoms with Crippen LogP contribution in [-0.4, -0.2) is 37.0 Å². The van der Waals surface area contributed by atoms with E-state index in [9.17, 15) is 4.39 Å². The lowest BCUT2D eigenvalue weighted by atomic mass is 9.82. The Hall–Kier alpha value is -1.42. The van der Waals surface area contributed by atoms with E-state index in [1.54, 1.807) is 12.1 Å². The maximum Gasteiger partial charge on any atom is 0.123 e. The summed E-state index contributed by atoms with van der Waals surface area (Å²) in [6.07, 6.45) is 0.